The van der Waals surface area contributed by atoms with Gasteiger partial charge in [0.15, 0.2) is 11.5 Å². The molecule has 0 radical (unpaired) electrons. The molecule has 2 aromatic heterocycles. The molecule has 4 rings (SSSR count). The van der Waals surface area contributed by atoms with Crippen molar-refractivity contribution in [3.63, 3.8) is 0 Å². The third kappa shape index (κ3) is 4.22. The number of carbonyl (C=O) groups excluding carboxylic acids is 2. The zero-order valence-corrected chi connectivity index (χ0v) is 17.3. The summed E-state index contributed by atoms with van der Waals surface area (Å²) in [5.41, 5.74) is 1.97. The normalized spacial score (nSPS) is 15.6. The van der Waals surface area contributed by atoms with Gasteiger partial charge in [0, 0.05) is 12.2 Å². The number of hydrogen-bond acceptors (Lipinski definition) is 3. The lowest BCUT2D eigenvalue weighted by Gasteiger charge is -2.23. The van der Waals surface area contributed by atoms with E-state index in [0.717, 1.165) is 31.2 Å². The maximum absolute atomic E-state index is 13.2. The molecule has 1 fully saturated rings. The van der Waals surface area contributed by atoms with Crippen LogP contribution in [0.4, 0.5) is 5.82 Å². The maximum Gasteiger partial charge on any atom is 0.272 e. The van der Waals surface area contributed by atoms with Gasteiger partial charge in [0.1, 0.15) is 5.65 Å². The van der Waals surface area contributed by atoms with Gasteiger partial charge in [-0.1, -0.05) is 62.6 Å². The van der Waals surface area contributed by atoms with E-state index in [1.54, 1.807) is 4.40 Å². The Labute approximate surface area is 176 Å². The van der Waals surface area contributed by atoms with Gasteiger partial charge in [0.2, 0.25) is 5.91 Å². The SMILES string of the molecule is CCC(C(=O)Nc1nc2ccccn2c1C(=O)NC1CCCCC1)c1ccccc1. The number of rotatable bonds is 6. The molecule has 0 saturated heterocycles. The highest BCUT2D eigenvalue weighted by molar-refractivity contribution is 6.04. The molecular weight excluding hydrogens is 376 g/mol. The minimum Gasteiger partial charge on any atom is -0.348 e. The molecule has 1 atom stereocenters. The summed E-state index contributed by atoms with van der Waals surface area (Å²) in [7, 11) is 0. The Morgan fingerprint density at radius 1 is 1.07 bits per heavy atom. The van der Waals surface area contributed by atoms with Crippen LogP contribution in [0.3, 0.4) is 0 Å². The number of anilines is 1. The summed E-state index contributed by atoms with van der Waals surface area (Å²) in [6.07, 6.45) is 7.95. The van der Waals surface area contributed by atoms with Crippen LogP contribution < -0.4 is 10.6 Å². The molecule has 2 amide bonds. The first kappa shape index (κ1) is 20.1. The lowest BCUT2D eigenvalue weighted by atomic mass is 9.95. The highest BCUT2D eigenvalue weighted by atomic mass is 16.2. The first-order valence-electron chi connectivity index (χ1n) is 10.8. The largest absolute Gasteiger partial charge is 0.348 e. The molecule has 1 unspecified atom stereocenters. The quantitative estimate of drug-likeness (QED) is 0.634. The zero-order chi connectivity index (χ0) is 20.9. The lowest BCUT2D eigenvalue weighted by Crippen LogP contribution is -2.37. The standard InChI is InChI=1S/C24H28N4O2/c1-2-19(17-11-5-3-6-12-17)23(29)27-22-21(28-16-10-9-15-20(28)26-22)24(30)25-18-13-7-4-8-14-18/h3,5-6,9-12,15-16,18-19H,2,4,7-8,13-14H2,1H3,(H,25,30)(H,27,29). The summed E-state index contributed by atoms with van der Waals surface area (Å²) >= 11 is 0. The van der Waals surface area contributed by atoms with E-state index in [-0.39, 0.29) is 23.8 Å². The number of hydrogen-bond donors (Lipinski definition) is 2. The molecule has 3 aromatic rings. The van der Waals surface area contributed by atoms with Crippen molar-refractivity contribution in [3.05, 3.63) is 66.0 Å². The maximum atomic E-state index is 13.2. The minimum atomic E-state index is -0.301. The van der Waals surface area contributed by atoms with Crippen LogP contribution >= 0.6 is 0 Å². The minimum absolute atomic E-state index is 0.154. The van der Waals surface area contributed by atoms with Crippen molar-refractivity contribution in [2.24, 2.45) is 0 Å². The third-order valence-electron chi connectivity index (χ3n) is 5.85. The summed E-state index contributed by atoms with van der Waals surface area (Å²) in [6, 6.07) is 15.4. The van der Waals surface area contributed by atoms with E-state index in [1.165, 1.54) is 6.42 Å². The number of carbonyl (C=O) groups is 2. The predicted molar refractivity (Wildman–Crippen MR) is 118 cm³/mol. The van der Waals surface area contributed by atoms with Gasteiger partial charge < -0.3 is 10.6 Å². The van der Waals surface area contributed by atoms with E-state index in [0.29, 0.717) is 23.6 Å². The van der Waals surface area contributed by atoms with Crippen molar-refractivity contribution >= 4 is 23.3 Å². The summed E-state index contributed by atoms with van der Waals surface area (Å²) in [5, 5.41) is 6.09. The predicted octanol–water partition coefficient (Wildman–Crippen LogP) is 4.53. The zero-order valence-electron chi connectivity index (χ0n) is 17.3. The van der Waals surface area contributed by atoms with E-state index in [1.807, 2.05) is 61.7 Å². The van der Waals surface area contributed by atoms with Gasteiger partial charge >= 0.3 is 0 Å². The highest BCUT2D eigenvalue weighted by Crippen LogP contribution is 2.25. The van der Waals surface area contributed by atoms with Crippen LogP contribution in [0.25, 0.3) is 5.65 Å². The number of fused-ring (bicyclic) bond motifs is 1. The van der Waals surface area contributed by atoms with Crippen molar-refractivity contribution in [1.29, 1.82) is 0 Å². The average Bonchev–Trinajstić information content (AvgIpc) is 3.13. The fourth-order valence-electron chi connectivity index (χ4n) is 4.26. The summed E-state index contributed by atoms with van der Waals surface area (Å²) in [6.45, 7) is 1.98. The van der Waals surface area contributed by atoms with Crippen molar-refractivity contribution in [1.82, 2.24) is 14.7 Å². The van der Waals surface area contributed by atoms with Crippen molar-refractivity contribution in [3.8, 4) is 0 Å². The number of imidazole rings is 1. The molecule has 1 saturated carbocycles. The van der Waals surface area contributed by atoms with E-state index < -0.39 is 0 Å². The molecule has 2 heterocycles. The molecule has 0 aliphatic heterocycles. The molecule has 0 bridgehead atoms. The topological polar surface area (TPSA) is 75.5 Å². The van der Waals surface area contributed by atoms with E-state index >= 15 is 0 Å². The van der Waals surface area contributed by atoms with Crippen LogP contribution in [0.15, 0.2) is 54.7 Å². The van der Waals surface area contributed by atoms with Gasteiger partial charge in [-0.3, -0.25) is 14.0 Å². The smallest absolute Gasteiger partial charge is 0.272 e. The molecular formula is C24H28N4O2. The Bertz CT molecular complexity index is 1020. The lowest BCUT2D eigenvalue weighted by molar-refractivity contribution is -0.117. The fourth-order valence-corrected chi connectivity index (χ4v) is 4.26. The second-order valence-electron chi connectivity index (χ2n) is 7.91. The molecule has 2 N–H and O–H groups in total. The Morgan fingerprint density at radius 3 is 2.53 bits per heavy atom. The number of amides is 2. The fraction of sp³-hybridized carbons (Fsp3) is 0.375. The average molecular weight is 405 g/mol. The van der Waals surface area contributed by atoms with Gasteiger partial charge in [-0.25, -0.2) is 4.98 Å². The Hall–Kier alpha value is -3.15. The van der Waals surface area contributed by atoms with Crippen molar-refractivity contribution in [2.75, 3.05) is 5.32 Å². The monoisotopic (exact) mass is 404 g/mol. The number of pyridine rings is 1. The Balaban J connectivity index is 1.62. The first-order chi connectivity index (χ1) is 14.7. The highest BCUT2D eigenvalue weighted by Gasteiger charge is 2.26. The van der Waals surface area contributed by atoms with Gasteiger partial charge in [-0.15, -0.1) is 0 Å². The molecule has 0 spiro atoms. The number of nitrogens with one attached hydrogen (secondary N) is 2. The number of benzene rings is 1. The summed E-state index contributed by atoms with van der Waals surface area (Å²) < 4.78 is 1.75. The van der Waals surface area contributed by atoms with Crippen LogP contribution in [0, 0.1) is 0 Å². The summed E-state index contributed by atoms with van der Waals surface area (Å²) in [4.78, 5) is 30.8. The summed E-state index contributed by atoms with van der Waals surface area (Å²) in [5.74, 6) is -0.332. The van der Waals surface area contributed by atoms with Crippen LogP contribution in [0.5, 0.6) is 0 Å². The number of aromatic nitrogens is 2. The van der Waals surface area contributed by atoms with E-state index in [2.05, 4.69) is 15.6 Å². The van der Waals surface area contributed by atoms with Gasteiger partial charge in [-0.05, 0) is 37.0 Å². The first-order valence-corrected chi connectivity index (χ1v) is 10.8. The van der Waals surface area contributed by atoms with Gasteiger partial charge in [0.25, 0.3) is 5.91 Å². The third-order valence-corrected chi connectivity index (χ3v) is 5.85. The van der Waals surface area contributed by atoms with Crippen LogP contribution in [-0.4, -0.2) is 27.2 Å². The molecule has 1 aliphatic carbocycles. The molecule has 6 heteroatoms. The van der Waals surface area contributed by atoms with Crippen molar-refractivity contribution < 1.29 is 9.59 Å². The molecule has 156 valence electrons. The Morgan fingerprint density at radius 2 is 1.80 bits per heavy atom. The van der Waals surface area contributed by atoms with Crippen molar-refractivity contribution in [2.45, 2.75) is 57.4 Å². The Kier molecular flexibility index (Phi) is 6.12. The van der Waals surface area contributed by atoms with Crippen LogP contribution in [0.1, 0.15) is 67.4 Å². The molecule has 1 aliphatic rings. The number of nitrogens with zero attached hydrogens (tertiary/aromatic N) is 2. The van der Waals surface area contributed by atoms with Crippen LogP contribution in [-0.2, 0) is 4.79 Å². The van der Waals surface area contributed by atoms with E-state index in [4.69, 9.17) is 0 Å². The van der Waals surface area contributed by atoms with Gasteiger partial charge in [0.05, 0.1) is 5.92 Å². The molecule has 1 aromatic carbocycles. The molecule has 6 nitrogen and oxygen atoms in total. The second kappa shape index (κ2) is 9.11. The van der Waals surface area contributed by atoms with E-state index in [9.17, 15) is 9.59 Å². The second-order valence-corrected chi connectivity index (χ2v) is 7.91. The van der Waals surface area contributed by atoms with Crippen LogP contribution in [0.2, 0.25) is 0 Å². The van der Waals surface area contributed by atoms with Gasteiger partial charge in [-0.2, -0.15) is 0 Å². The molecule has 30 heavy (non-hydrogen) atoms.